The number of ether oxygens (including phenoxy) is 1. The van der Waals surface area contributed by atoms with Crippen molar-refractivity contribution in [3.8, 4) is 0 Å². The maximum absolute atomic E-state index is 12.1. The van der Waals surface area contributed by atoms with E-state index in [1.807, 2.05) is 0 Å². The Kier molecular flexibility index (Phi) is 4.36. The Bertz CT molecular complexity index is 435. The van der Waals surface area contributed by atoms with Crippen molar-refractivity contribution in [3.63, 3.8) is 0 Å². The van der Waals surface area contributed by atoms with Crippen molar-refractivity contribution in [2.75, 3.05) is 12.4 Å². The summed E-state index contributed by atoms with van der Waals surface area (Å²) < 4.78 is 4.68. The lowest BCUT2D eigenvalue weighted by Gasteiger charge is -2.20. The fourth-order valence-electron chi connectivity index (χ4n) is 2.26. The smallest absolute Gasteiger partial charge is 0.350 e. The first kappa shape index (κ1) is 13.1. The van der Waals surface area contributed by atoms with Crippen LogP contribution in [0.4, 0.5) is 5.69 Å². The van der Waals surface area contributed by atoms with Gasteiger partial charge in [-0.2, -0.15) is 0 Å². The Morgan fingerprint density at radius 3 is 2.72 bits per heavy atom. The minimum absolute atomic E-state index is 0.0262. The topological polar surface area (TPSA) is 55.4 Å². The molecular formula is C13H17NO3S. The third-order valence-corrected chi connectivity index (χ3v) is 4.16. The summed E-state index contributed by atoms with van der Waals surface area (Å²) in [5.74, 6) is -0.286. The van der Waals surface area contributed by atoms with Gasteiger partial charge in [0.25, 0.3) is 0 Å². The number of amides is 1. The number of carbonyl (C=O) groups excluding carboxylic acids is 2. The zero-order chi connectivity index (χ0) is 13.0. The molecule has 1 fully saturated rings. The molecule has 98 valence electrons. The van der Waals surface area contributed by atoms with Crippen LogP contribution in [-0.2, 0) is 9.53 Å². The predicted molar refractivity (Wildman–Crippen MR) is 70.9 cm³/mol. The highest BCUT2D eigenvalue weighted by molar-refractivity contribution is 7.12. The van der Waals surface area contributed by atoms with Crippen LogP contribution in [-0.4, -0.2) is 19.0 Å². The highest BCUT2D eigenvalue weighted by atomic mass is 32.1. The highest BCUT2D eigenvalue weighted by Crippen LogP contribution is 2.27. The summed E-state index contributed by atoms with van der Waals surface area (Å²) in [7, 11) is 1.34. The summed E-state index contributed by atoms with van der Waals surface area (Å²) in [5, 5.41) is 4.63. The SMILES string of the molecule is COC(=O)c1sccc1NC(=O)C1CCCCC1. The maximum Gasteiger partial charge on any atom is 0.350 e. The molecule has 1 aromatic heterocycles. The molecule has 1 heterocycles. The van der Waals surface area contributed by atoms with E-state index in [0.717, 1.165) is 25.7 Å². The van der Waals surface area contributed by atoms with Gasteiger partial charge in [0, 0.05) is 5.92 Å². The molecule has 0 bridgehead atoms. The average Bonchev–Trinajstić information content (AvgIpc) is 2.87. The Labute approximate surface area is 110 Å². The second-order valence-corrected chi connectivity index (χ2v) is 5.40. The monoisotopic (exact) mass is 267 g/mol. The van der Waals surface area contributed by atoms with Crippen molar-refractivity contribution in [1.29, 1.82) is 0 Å². The molecule has 1 aliphatic carbocycles. The molecule has 0 spiro atoms. The summed E-state index contributed by atoms with van der Waals surface area (Å²) in [5.41, 5.74) is 0.572. The zero-order valence-electron chi connectivity index (χ0n) is 10.4. The lowest BCUT2D eigenvalue weighted by Crippen LogP contribution is -2.25. The van der Waals surface area contributed by atoms with E-state index in [1.54, 1.807) is 11.4 Å². The molecule has 1 N–H and O–H groups in total. The van der Waals surface area contributed by atoms with E-state index >= 15 is 0 Å². The van der Waals surface area contributed by atoms with Crippen molar-refractivity contribution >= 4 is 28.9 Å². The Morgan fingerprint density at radius 1 is 1.33 bits per heavy atom. The van der Waals surface area contributed by atoms with Gasteiger partial charge in [-0.05, 0) is 24.3 Å². The molecule has 0 aliphatic heterocycles. The standard InChI is InChI=1S/C13H17NO3S/c1-17-13(16)11-10(7-8-18-11)14-12(15)9-5-3-2-4-6-9/h7-9H,2-6H2,1H3,(H,14,15). The molecule has 1 aromatic rings. The highest BCUT2D eigenvalue weighted by Gasteiger charge is 2.23. The summed E-state index contributed by atoms with van der Waals surface area (Å²) >= 11 is 1.28. The Balaban J connectivity index is 2.02. The summed E-state index contributed by atoms with van der Waals surface area (Å²) in [6, 6.07) is 1.75. The first-order valence-corrected chi connectivity index (χ1v) is 7.07. The zero-order valence-corrected chi connectivity index (χ0v) is 11.2. The van der Waals surface area contributed by atoms with Gasteiger partial charge >= 0.3 is 5.97 Å². The third kappa shape index (κ3) is 2.90. The van der Waals surface area contributed by atoms with Crippen molar-refractivity contribution in [2.45, 2.75) is 32.1 Å². The van der Waals surface area contributed by atoms with Crippen LogP contribution in [0.25, 0.3) is 0 Å². The number of esters is 1. The quantitative estimate of drug-likeness (QED) is 0.856. The van der Waals surface area contributed by atoms with Crippen LogP contribution < -0.4 is 5.32 Å². The number of hydrogen-bond donors (Lipinski definition) is 1. The second kappa shape index (κ2) is 6.00. The minimum Gasteiger partial charge on any atom is -0.465 e. The largest absolute Gasteiger partial charge is 0.465 e. The first-order chi connectivity index (χ1) is 8.72. The van der Waals surface area contributed by atoms with Gasteiger partial charge in [-0.3, -0.25) is 4.79 Å². The molecule has 4 nitrogen and oxygen atoms in total. The molecular weight excluding hydrogens is 250 g/mol. The van der Waals surface area contributed by atoms with Crippen LogP contribution in [0.3, 0.4) is 0 Å². The van der Waals surface area contributed by atoms with Gasteiger partial charge in [-0.1, -0.05) is 19.3 Å². The number of thiophene rings is 1. The van der Waals surface area contributed by atoms with E-state index in [0.29, 0.717) is 10.6 Å². The van der Waals surface area contributed by atoms with Gasteiger partial charge in [0.1, 0.15) is 4.88 Å². The van der Waals surface area contributed by atoms with E-state index in [9.17, 15) is 9.59 Å². The van der Waals surface area contributed by atoms with E-state index < -0.39 is 5.97 Å². The number of rotatable bonds is 3. The third-order valence-electron chi connectivity index (χ3n) is 3.27. The number of anilines is 1. The van der Waals surface area contributed by atoms with Crippen LogP contribution in [0.15, 0.2) is 11.4 Å². The molecule has 1 aliphatic rings. The van der Waals surface area contributed by atoms with Crippen molar-refractivity contribution in [3.05, 3.63) is 16.3 Å². The van der Waals surface area contributed by atoms with Gasteiger partial charge < -0.3 is 10.1 Å². The van der Waals surface area contributed by atoms with Crippen molar-refractivity contribution in [1.82, 2.24) is 0 Å². The van der Waals surface area contributed by atoms with Gasteiger partial charge in [-0.15, -0.1) is 11.3 Å². The van der Waals surface area contributed by atoms with E-state index in [1.165, 1.54) is 24.9 Å². The summed E-state index contributed by atoms with van der Waals surface area (Å²) in [4.78, 5) is 24.0. The molecule has 1 saturated carbocycles. The molecule has 0 radical (unpaired) electrons. The number of methoxy groups -OCH3 is 1. The maximum atomic E-state index is 12.1. The molecule has 2 rings (SSSR count). The molecule has 1 amide bonds. The fraction of sp³-hybridized carbons (Fsp3) is 0.538. The number of nitrogens with one attached hydrogen (secondary N) is 1. The van der Waals surface area contributed by atoms with E-state index in [4.69, 9.17) is 0 Å². The van der Waals surface area contributed by atoms with E-state index in [-0.39, 0.29) is 11.8 Å². The Morgan fingerprint density at radius 2 is 2.06 bits per heavy atom. The van der Waals surface area contributed by atoms with Crippen LogP contribution in [0.5, 0.6) is 0 Å². The number of hydrogen-bond acceptors (Lipinski definition) is 4. The van der Waals surface area contributed by atoms with Crippen LogP contribution in [0, 0.1) is 5.92 Å². The molecule has 0 atom stereocenters. The van der Waals surface area contributed by atoms with Crippen molar-refractivity contribution in [2.24, 2.45) is 5.92 Å². The predicted octanol–water partition coefficient (Wildman–Crippen LogP) is 3.05. The van der Waals surface area contributed by atoms with Crippen LogP contribution in [0.2, 0.25) is 0 Å². The second-order valence-electron chi connectivity index (χ2n) is 4.48. The molecule has 0 aromatic carbocycles. The van der Waals surface area contributed by atoms with Gasteiger partial charge in [0.15, 0.2) is 0 Å². The lowest BCUT2D eigenvalue weighted by atomic mass is 9.88. The molecule has 0 saturated heterocycles. The molecule has 0 unspecified atom stereocenters. The van der Waals surface area contributed by atoms with Gasteiger partial charge in [0.05, 0.1) is 12.8 Å². The summed E-state index contributed by atoms with van der Waals surface area (Å²) in [6.45, 7) is 0. The average molecular weight is 267 g/mol. The van der Waals surface area contributed by atoms with Gasteiger partial charge in [-0.25, -0.2) is 4.79 Å². The molecule has 18 heavy (non-hydrogen) atoms. The molecule has 5 heteroatoms. The van der Waals surface area contributed by atoms with Gasteiger partial charge in [0.2, 0.25) is 5.91 Å². The van der Waals surface area contributed by atoms with Crippen molar-refractivity contribution < 1.29 is 14.3 Å². The number of carbonyl (C=O) groups is 2. The fourth-order valence-corrected chi connectivity index (χ4v) is 3.02. The normalized spacial score (nSPS) is 16.3. The van der Waals surface area contributed by atoms with E-state index in [2.05, 4.69) is 10.1 Å². The summed E-state index contributed by atoms with van der Waals surface area (Å²) in [6.07, 6.45) is 5.35. The van der Waals surface area contributed by atoms with Crippen LogP contribution >= 0.6 is 11.3 Å². The first-order valence-electron chi connectivity index (χ1n) is 6.19. The minimum atomic E-state index is -0.399. The van der Waals surface area contributed by atoms with Crippen LogP contribution in [0.1, 0.15) is 41.8 Å². The Hall–Kier alpha value is -1.36. The lowest BCUT2D eigenvalue weighted by molar-refractivity contribution is -0.120.